The average molecular weight is 217 g/mol. The van der Waals surface area contributed by atoms with Gasteiger partial charge in [0.25, 0.3) is 0 Å². The SMILES string of the molecule is CC.O=C(O)/C=C/c1c[nH]c2ccccc12. The van der Waals surface area contributed by atoms with E-state index < -0.39 is 5.97 Å². The molecule has 0 radical (unpaired) electrons. The van der Waals surface area contributed by atoms with E-state index in [0.717, 1.165) is 22.5 Å². The molecule has 3 nitrogen and oxygen atoms in total. The lowest BCUT2D eigenvalue weighted by Gasteiger charge is -1.89. The summed E-state index contributed by atoms with van der Waals surface area (Å²) in [5.41, 5.74) is 1.90. The molecule has 0 atom stereocenters. The zero-order chi connectivity index (χ0) is 12.0. The molecule has 1 heterocycles. The van der Waals surface area contributed by atoms with E-state index in [1.807, 2.05) is 38.1 Å². The number of para-hydroxylation sites is 1. The largest absolute Gasteiger partial charge is 0.478 e. The van der Waals surface area contributed by atoms with E-state index in [0.29, 0.717) is 0 Å². The minimum absolute atomic E-state index is 0.892. The molecule has 0 saturated heterocycles. The smallest absolute Gasteiger partial charge is 0.328 e. The third kappa shape index (κ3) is 2.73. The number of benzene rings is 1. The van der Waals surface area contributed by atoms with Crippen LogP contribution in [0, 0.1) is 0 Å². The first-order chi connectivity index (χ1) is 7.77. The van der Waals surface area contributed by atoms with Crippen LogP contribution in [0.1, 0.15) is 19.4 Å². The van der Waals surface area contributed by atoms with E-state index >= 15 is 0 Å². The van der Waals surface area contributed by atoms with Gasteiger partial charge in [-0.3, -0.25) is 0 Å². The van der Waals surface area contributed by atoms with E-state index in [-0.39, 0.29) is 0 Å². The van der Waals surface area contributed by atoms with Crippen molar-refractivity contribution in [1.29, 1.82) is 0 Å². The summed E-state index contributed by atoms with van der Waals surface area (Å²) in [7, 11) is 0. The summed E-state index contributed by atoms with van der Waals surface area (Å²) in [6.07, 6.45) is 4.51. The lowest BCUT2D eigenvalue weighted by molar-refractivity contribution is -0.131. The van der Waals surface area contributed by atoms with Gasteiger partial charge in [-0.25, -0.2) is 4.79 Å². The lowest BCUT2D eigenvalue weighted by Crippen LogP contribution is -1.84. The van der Waals surface area contributed by atoms with Crippen LogP contribution in [0.5, 0.6) is 0 Å². The Bertz CT molecular complexity index is 497. The molecule has 3 heteroatoms. The summed E-state index contributed by atoms with van der Waals surface area (Å²) < 4.78 is 0. The molecule has 0 aliphatic carbocycles. The standard InChI is InChI=1S/C11H9NO2.C2H6/c13-11(14)6-5-8-7-12-10-4-2-1-3-9(8)10;1-2/h1-7,12H,(H,13,14);1-2H3/b6-5+;. The maximum absolute atomic E-state index is 10.3. The molecule has 0 aliphatic rings. The molecule has 0 bridgehead atoms. The van der Waals surface area contributed by atoms with E-state index in [2.05, 4.69) is 4.98 Å². The van der Waals surface area contributed by atoms with Crippen molar-refractivity contribution in [2.45, 2.75) is 13.8 Å². The second-order valence-corrected chi connectivity index (χ2v) is 2.96. The van der Waals surface area contributed by atoms with Gasteiger partial charge >= 0.3 is 5.97 Å². The van der Waals surface area contributed by atoms with Crippen LogP contribution in [0.3, 0.4) is 0 Å². The van der Waals surface area contributed by atoms with Gasteiger partial charge in [0, 0.05) is 23.2 Å². The van der Waals surface area contributed by atoms with Crippen LogP contribution in [-0.2, 0) is 4.79 Å². The Morgan fingerprint density at radius 1 is 1.31 bits per heavy atom. The summed E-state index contributed by atoms with van der Waals surface area (Å²) in [4.78, 5) is 13.4. The predicted molar refractivity (Wildman–Crippen MR) is 66.3 cm³/mol. The molecule has 84 valence electrons. The summed E-state index contributed by atoms with van der Waals surface area (Å²) in [6, 6.07) is 7.76. The monoisotopic (exact) mass is 217 g/mol. The van der Waals surface area contributed by atoms with E-state index in [1.54, 1.807) is 12.3 Å². The fraction of sp³-hybridized carbons (Fsp3) is 0.154. The Balaban J connectivity index is 0.000000606. The van der Waals surface area contributed by atoms with Crippen molar-refractivity contribution in [2.75, 3.05) is 0 Å². The second-order valence-electron chi connectivity index (χ2n) is 2.96. The Morgan fingerprint density at radius 2 is 2.00 bits per heavy atom. The molecular weight excluding hydrogens is 202 g/mol. The van der Waals surface area contributed by atoms with Crippen molar-refractivity contribution in [1.82, 2.24) is 4.98 Å². The highest BCUT2D eigenvalue weighted by Gasteiger charge is 1.98. The van der Waals surface area contributed by atoms with Gasteiger partial charge in [0.05, 0.1) is 0 Å². The number of carboxylic acids is 1. The van der Waals surface area contributed by atoms with Crippen LogP contribution in [0.4, 0.5) is 0 Å². The molecule has 0 aliphatic heterocycles. The van der Waals surface area contributed by atoms with Crippen LogP contribution in [0.2, 0.25) is 0 Å². The van der Waals surface area contributed by atoms with Crippen LogP contribution in [0.15, 0.2) is 36.5 Å². The molecule has 0 spiro atoms. The van der Waals surface area contributed by atoms with Gasteiger partial charge in [-0.15, -0.1) is 0 Å². The highest BCUT2D eigenvalue weighted by Crippen LogP contribution is 2.18. The minimum Gasteiger partial charge on any atom is -0.478 e. The topological polar surface area (TPSA) is 53.1 Å². The van der Waals surface area contributed by atoms with Crippen LogP contribution in [0.25, 0.3) is 17.0 Å². The highest BCUT2D eigenvalue weighted by atomic mass is 16.4. The van der Waals surface area contributed by atoms with Crippen LogP contribution in [-0.4, -0.2) is 16.1 Å². The maximum Gasteiger partial charge on any atom is 0.328 e. The summed E-state index contributed by atoms with van der Waals surface area (Å²) in [5.74, 6) is -0.935. The maximum atomic E-state index is 10.3. The molecule has 2 N–H and O–H groups in total. The number of hydrogen-bond donors (Lipinski definition) is 2. The average Bonchev–Trinajstić information content (AvgIpc) is 2.72. The third-order valence-electron chi connectivity index (χ3n) is 2.03. The highest BCUT2D eigenvalue weighted by molar-refractivity contribution is 5.93. The quantitative estimate of drug-likeness (QED) is 0.758. The predicted octanol–water partition coefficient (Wildman–Crippen LogP) is 3.29. The molecule has 0 saturated carbocycles. The molecule has 2 aromatic rings. The van der Waals surface area contributed by atoms with Crippen molar-refractivity contribution in [3.8, 4) is 0 Å². The number of aromatic amines is 1. The Kier molecular flexibility index (Phi) is 4.33. The van der Waals surface area contributed by atoms with Gasteiger partial charge < -0.3 is 10.1 Å². The molecule has 0 unspecified atom stereocenters. The van der Waals surface area contributed by atoms with Crippen molar-refractivity contribution in [2.24, 2.45) is 0 Å². The Hall–Kier alpha value is -2.03. The number of nitrogens with one attached hydrogen (secondary N) is 1. The number of carbonyl (C=O) groups is 1. The molecule has 1 aromatic carbocycles. The Morgan fingerprint density at radius 3 is 2.69 bits per heavy atom. The fourth-order valence-corrected chi connectivity index (χ4v) is 1.39. The summed E-state index contributed by atoms with van der Waals surface area (Å²) in [6.45, 7) is 4.00. The second kappa shape index (κ2) is 5.75. The molecule has 16 heavy (non-hydrogen) atoms. The first-order valence-electron chi connectivity index (χ1n) is 5.24. The summed E-state index contributed by atoms with van der Waals surface area (Å²) >= 11 is 0. The van der Waals surface area contributed by atoms with Crippen molar-refractivity contribution in [3.05, 3.63) is 42.1 Å². The van der Waals surface area contributed by atoms with Gasteiger partial charge in [0.2, 0.25) is 0 Å². The molecule has 1 aromatic heterocycles. The van der Waals surface area contributed by atoms with E-state index in [1.165, 1.54) is 0 Å². The first-order valence-corrected chi connectivity index (χ1v) is 5.24. The number of fused-ring (bicyclic) bond motifs is 1. The fourth-order valence-electron chi connectivity index (χ4n) is 1.39. The van der Waals surface area contributed by atoms with Crippen LogP contribution >= 0.6 is 0 Å². The number of rotatable bonds is 2. The zero-order valence-electron chi connectivity index (χ0n) is 9.40. The third-order valence-corrected chi connectivity index (χ3v) is 2.03. The number of H-pyrrole nitrogens is 1. The number of carboxylic acid groups (broad SMARTS) is 1. The van der Waals surface area contributed by atoms with Crippen molar-refractivity contribution in [3.63, 3.8) is 0 Å². The number of aliphatic carboxylic acids is 1. The summed E-state index contributed by atoms with van der Waals surface area (Å²) in [5, 5.41) is 9.52. The first kappa shape index (κ1) is 12.0. The van der Waals surface area contributed by atoms with Gasteiger partial charge in [-0.05, 0) is 17.7 Å². The van der Waals surface area contributed by atoms with Crippen molar-refractivity contribution < 1.29 is 9.90 Å². The van der Waals surface area contributed by atoms with Gasteiger partial charge in [0.15, 0.2) is 0 Å². The lowest BCUT2D eigenvalue weighted by atomic mass is 10.1. The van der Waals surface area contributed by atoms with Crippen LogP contribution < -0.4 is 0 Å². The Labute approximate surface area is 94.4 Å². The van der Waals surface area contributed by atoms with Gasteiger partial charge in [-0.2, -0.15) is 0 Å². The molecular formula is C13H15NO2. The molecule has 0 fully saturated rings. The zero-order valence-corrected chi connectivity index (χ0v) is 9.40. The molecule has 2 rings (SSSR count). The van der Waals surface area contributed by atoms with Gasteiger partial charge in [-0.1, -0.05) is 32.0 Å². The van der Waals surface area contributed by atoms with Crippen molar-refractivity contribution >= 4 is 22.9 Å². The van der Waals surface area contributed by atoms with E-state index in [9.17, 15) is 4.79 Å². The minimum atomic E-state index is -0.935. The number of aromatic nitrogens is 1. The number of hydrogen-bond acceptors (Lipinski definition) is 1. The molecule has 0 amide bonds. The normalized spacial score (nSPS) is 10.1. The van der Waals surface area contributed by atoms with E-state index in [4.69, 9.17) is 5.11 Å². The van der Waals surface area contributed by atoms with Gasteiger partial charge in [0.1, 0.15) is 0 Å².